The zero-order valence-corrected chi connectivity index (χ0v) is 15.6. The minimum atomic E-state index is -0.307. The highest BCUT2D eigenvalue weighted by Gasteiger charge is 2.16. The molecule has 7 heteroatoms. The fourth-order valence-corrected chi connectivity index (χ4v) is 2.84. The number of hydrogen-bond donors (Lipinski definition) is 1. The number of hydrogen-bond acceptors (Lipinski definition) is 5. The molecule has 2 amide bonds. The molecule has 1 fully saturated rings. The molecular formula is C20H24N4O3. The lowest BCUT2D eigenvalue weighted by atomic mass is 10.2. The van der Waals surface area contributed by atoms with E-state index in [0.717, 1.165) is 18.9 Å². The van der Waals surface area contributed by atoms with E-state index in [-0.39, 0.29) is 18.4 Å². The number of likely N-dealkylation sites (N-methyl/N-ethyl adjacent to an activating group) is 1. The zero-order valence-electron chi connectivity index (χ0n) is 15.6. The Balaban J connectivity index is 1.66. The normalized spacial score (nSPS) is 13.3. The van der Waals surface area contributed by atoms with Crippen molar-refractivity contribution in [3.63, 3.8) is 0 Å². The van der Waals surface area contributed by atoms with Gasteiger partial charge in [-0.05, 0) is 37.1 Å². The van der Waals surface area contributed by atoms with Gasteiger partial charge in [0.25, 0.3) is 11.8 Å². The van der Waals surface area contributed by atoms with E-state index >= 15 is 0 Å². The molecule has 0 aliphatic carbocycles. The lowest BCUT2D eigenvalue weighted by molar-refractivity contribution is -0.130. The number of carbonyl (C=O) groups is 2. The van der Waals surface area contributed by atoms with E-state index in [9.17, 15) is 9.59 Å². The Kier molecular flexibility index (Phi) is 5.90. The predicted molar refractivity (Wildman–Crippen MR) is 104 cm³/mol. The van der Waals surface area contributed by atoms with Crippen molar-refractivity contribution < 1.29 is 14.3 Å². The van der Waals surface area contributed by atoms with Gasteiger partial charge in [0.1, 0.15) is 11.6 Å². The summed E-state index contributed by atoms with van der Waals surface area (Å²) in [5.41, 5.74) is 0.981. The summed E-state index contributed by atoms with van der Waals surface area (Å²) in [6.07, 6.45) is 4.03. The molecule has 0 saturated carbocycles. The molecule has 3 rings (SSSR count). The van der Waals surface area contributed by atoms with Gasteiger partial charge in [0.15, 0.2) is 6.61 Å². The molecule has 142 valence electrons. The third-order valence-corrected chi connectivity index (χ3v) is 4.42. The highest BCUT2D eigenvalue weighted by molar-refractivity contribution is 6.06. The number of nitrogens with zero attached hydrogens (tertiary/aromatic N) is 3. The van der Waals surface area contributed by atoms with Gasteiger partial charge in [0.2, 0.25) is 0 Å². The molecule has 0 spiro atoms. The average molecular weight is 368 g/mol. The molecule has 1 aromatic carbocycles. The molecule has 1 aliphatic rings. The topological polar surface area (TPSA) is 74.8 Å². The number of aromatic nitrogens is 1. The van der Waals surface area contributed by atoms with Crippen molar-refractivity contribution in [2.24, 2.45) is 0 Å². The first-order chi connectivity index (χ1) is 13.0. The Morgan fingerprint density at radius 3 is 2.56 bits per heavy atom. The summed E-state index contributed by atoms with van der Waals surface area (Å²) in [6.45, 7) is 1.92. The van der Waals surface area contributed by atoms with E-state index < -0.39 is 0 Å². The standard InChI is InChI=1S/C20H24N4O3/c1-23(2)19(25)14-27-17-8-4-3-7-16(17)20(26)22-15-9-10-18(21-13-15)24-11-5-6-12-24/h3-4,7-10,13H,5-6,11-12,14H2,1-2H3,(H,22,26). The molecule has 1 aliphatic heterocycles. The van der Waals surface area contributed by atoms with Crippen LogP contribution in [0.4, 0.5) is 11.5 Å². The van der Waals surface area contributed by atoms with Gasteiger partial charge in [-0.2, -0.15) is 0 Å². The first-order valence-electron chi connectivity index (χ1n) is 8.99. The number of anilines is 2. The van der Waals surface area contributed by atoms with Gasteiger partial charge in [0.05, 0.1) is 17.4 Å². The molecule has 27 heavy (non-hydrogen) atoms. The maximum absolute atomic E-state index is 12.6. The van der Waals surface area contributed by atoms with Crippen molar-refractivity contribution in [2.45, 2.75) is 12.8 Å². The number of pyridine rings is 1. The molecule has 0 bridgehead atoms. The van der Waals surface area contributed by atoms with Crippen molar-refractivity contribution in [2.75, 3.05) is 44.0 Å². The number of benzene rings is 1. The predicted octanol–water partition coefficient (Wildman–Crippen LogP) is 2.40. The van der Waals surface area contributed by atoms with Crippen LogP contribution in [-0.4, -0.2) is 55.5 Å². The molecule has 7 nitrogen and oxygen atoms in total. The lowest BCUT2D eigenvalue weighted by Crippen LogP contribution is -2.28. The zero-order chi connectivity index (χ0) is 19.2. The molecule has 0 radical (unpaired) electrons. The maximum atomic E-state index is 12.6. The number of amides is 2. The van der Waals surface area contributed by atoms with Crippen molar-refractivity contribution >= 4 is 23.3 Å². The van der Waals surface area contributed by atoms with Crippen LogP contribution in [-0.2, 0) is 4.79 Å². The minimum Gasteiger partial charge on any atom is -0.483 e. The van der Waals surface area contributed by atoms with Gasteiger partial charge in [-0.25, -0.2) is 4.98 Å². The monoisotopic (exact) mass is 368 g/mol. The van der Waals surface area contributed by atoms with Gasteiger partial charge in [0, 0.05) is 27.2 Å². The lowest BCUT2D eigenvalue weighted by Gasteiger charge is -2.16. The number of ether oxygens (including phenoxy) is 1. The van der Waals surface area contributed by atoms with Crippen LogP contribution in [0.2, 0.25) is 0 Å². The molecule has 0 atom stereocenters. The molecule has 1 N–H and O–H groups in total. The third-order valence-electron chi connectivity index (χ3n) is 4.42. The van der Waals surface area contributed by atoms with Crippen LogP contribution in [0.3, 0.4) is 0 Å². The first-order valence-corrected chi connectivity index (χ1v) is 8.99. The van der Waals surface area contributed by atoms with Crippen LogP contribution in [0.15, 0.2) is 42.6 Å². The third kappa shape index (κ3) is 4.75. The first kappa shape index (κ1) is 18.7. The largest absolute Gasteiger partial charge is 0.483 e. The van der Waals surface area contributed by atoms with Crippen LogP contribution < -0.4 is 15.0 Å². The Hall–Kier alpha value is -3.09. The summed E-state index contributed by atoms with van der Waals surface area (Å²) in [5.74, 6) is 0.814. The summed E-state index contributed by atoms with van der Waals surface area (Å²) in [5, 5.41) is 2.83. The number of rotatable bonds is 6. The Morgan fingerprint density at radius 1 is 1.15 bits per heavy atom. The minimum absolute atomic E-state index is 0.122. The second kappa shape index (κ2) is 8.53. The van der Waals surface area contributed by atoms with Crippen molar-refractivity contribution in [3.8, 4) is 5.75 Å². The second-order valence-electron chi connectivity index (χ2n) is 6.63. The van der Waals surface area contributed by atoms with Gasteiger partial charge in [-0.1, -0.05) is 12.1 Å². The molecule has 0 unspecified atom stereocenters. The number of carbonyl (C=O) groups excluding carboxylic acids is 2. The summed E-state index contributed by atoms with van der Waals surface area (Å²) in [7, 11) is 3.31. The van der Waals surface area contributed by atoms with Crippen LogP contribution in [0.5, 0.6) is 5.75 Å². The highest BCUT2D eigenvalue weighted by atomic mass is 16.5. The van der Waals surface area contributed by atoms with Crippen LogP contribution >= 0.6 is 0 Å². The summed E-state index contributed by atoms with van der Waals surface area (Å²) in [4.78, 5) is 32.5. The smallest absolute Gasteiger partial charge is 0.259 e. The maximum Gasteiger partial charge on any atom is 0.259 e. The molecule has 1 saturated heterocycles. The van der Waals surface area contributed by atoms with Gasteiger partial charge < -0.3 is 19.9 Å². The van der Waals surface area contributed by atoms with Crippen LogP contribution in [0, 0.1) is 0 Å². The Bertz CT molecular complexity index is 799. The van der Waals surface area contributed by atoms with E-state index in [1.807, 2.05) is 12.1 Å². The Labute approximate surface area is 158 Å². The van der Waals surface area contributed by atoms with E-state index in [1.165, 1.54) is 17.7 Å². The van der Waals surface area contributed by atoms with E-state index in [1.54, 1.807) is 44.6 Å². The summed E-state index contributed by atoms with van der Waals surface area (Å²) < 4.78 is 5.53. The Morgan fingerprint density at radius 2 is 1.89 bits per heavy atom. The fourth-order valence-electron chi connectivity index (χ4n) is 2.84. The molecule has 2 heterocycles. The molecule has 1 aromatic heterocycles. The summed E-state index contributed by atoms with van der Waals surface area (Å²) in [6, 6.07) is 10.6. The van der Waals surface area contributed by atoms with E-state index in [2.05, 4.69) is 15.2 Å². The van der Waals surface area contributed by atoms with Crippen molar-refractivity contribution in [1.29, 1.82) is 0 Å². The van der Waals surface area contributed by atoms with E-state index in [0.29, 0.717) is 17.0 Å². The summed E-state index contributed by atoms with van der Waals surface area (Å²) >= 11 is 0. The SMILES string of the molecule is CN(C)C(=O)COc1ccccc1C(=O)Nc1ccc(N2CCCC2)nc1. The van der Waals surface area contributed by atoms with Crippen LogP contribution in [0.25, 0.3) is 0 Å². The molecule has 2 aromatic rings. The van der Waals surface area contributed by atoms with Crippen LogP contribution in [0.1, 0.15) is 23.2 Å². The second-order valence-corrected chi connectivity index (χ2v) is 6.63. The number of nitrogens with one attached hydrogen (secondary N) is 1. The quantitative estimate of drug-likeness (QED) is 0.847. The average Bonchev–Trinajstić information content (AvgIpc) is 3.21. The highest BCUT2D eigenvalue weighted by Crippen LogP contribution is 2.22. The van der Waals surface area contributed by atoms with Crippen molar-refractivity contribution in [3.05, 3.63) is 48.2 Å². The molecular weight excluding hydrogens is 344 g/mol. The van der Waals surface area contributed by atoms with Gasteiger partial charge in [-0.3, -0.25) is 9.59 Å². The van der Waals surface area contributed by atoms with Gasteiger partial charge >= 0.3 is 0 Å². The van der Waals surface area contributed by atoms with Gasteiger partial charge in [-0.15, -0.1) is 0 Å². The van der Waals surface area contributed by atoms with E-state index in [4.69, 9.17) is 4.74 Å². The number of para-hydroxylation sites is 1. The van der Waals surface area contributed by atoms with Crippen molar-refractivity contribution in [1.82, 2.24) is 9.88 Å². The fraction of sp³-hybridized carbons (Fsp3) is 0.350.